The Morgan fingerprint density at radius 1 is 1.22 bits per heavy atom. The third-order valence-corrected chi connectivity index (χ3v) is 4.58. The van der Waals surface area contributed by atoms with Gasteiger partial charge in [0.15, 0.2) is 0 Å². The largest absolute Gasteiger partial charge is 0.331 e. The zero-order chi connectivity index (χ0) is 16.6. The zero-order valence-electron chi connectivity index (χ0n) is 13.2. The van der Waals surface area contributed by atoms with Gasteiger partial charge in [-0.05, 0) is 44.1 Å². The van der Waals surface area contributed by atoms with Crippen LogP contribution in [0.3, 0.4) is 0 Å². The van der Waals surface area contributed by atoms with Crippen molar-refractivity contribution in [3.63, 3.8) is 0 Å². The van der Waals surface area contributed by atoms with Crippen molar-refractivity contribution in [2.75, 3.05) is 19.6 Å². The molecule has 0 bridgehead atoms. The molecule has 3 rings (SSSR count). The first-order valence-electron chi connectivity index (χ1n) is 7.84. The molecule has 0 spiro atoms. The lowest BCUT2D eigenvalue weighted by atomic mass is 10.1. The van der Waals surface area contributed by atoms with Crippen LogP contribution in [0.1, 0.15) is 12.8 Å². The zero-order valence-corrected chi connectivity index (χ0v) is 13.2. The number of hydrogen-bond acceptors (Lipinski definition) is 4. The van der Waals surface area contributed by atoms with Crippen molar-refractivity contribution < 1.29 is 4.39 Å². The second-order valence-corrected chi connectivity index (χ2v) is 6.14. The predicted octanol–water partition coefficient (Wildman–Crippen LogP) is 0.262. The molecule has 0 radical (unpaired) electrons. The monoisotopic (exact) mass is 320 g/mol. The summed E-state index contributed by atoms with van der Waals surface area (Å²) in [6, 6.07) is 4.18. The standard InChI is InChI=1S/C16H21FN4O2/c1-19-15(22)13-3-2-11(17)10-14(13)21(16(19)23)9-8-20-6-4-12(18)5-7-20/h2-3,10,12H,4-9,18H2,1H3. The summed E-state index contributed by atoms with van der Waals surface area (Å²) in [7, 11) is 1.45. The van der Waals surface area contributed by atoms with Crippen LogP contribution in [0.2, 0.25) is 0 Å². The Balaban J connectivity index is 1.95. The van der Waals surface area contributed by atoms with E-state index >= 15 is 0 Å². The van der Waals surface area contributed by atoms with Gasteiger partial charge in [0.25, 0.3) is 5.56 Å². The van der Waals surface area contributed by atoms with Gasteiger partial charge in [-0.2, -0.15) is 0 Å². The maximum atomic E-state index is 13.6. The number of piperidine rings is 1. The summed E-state index contributed by atoms with van der Waals surface area (Å²) < 4.78 is 16.1. The van der Waals surface area contributed by atoms with Crippen LogP contribution < -0.4 is 17.0 Å². The molecule has 2 heterocycles. The van der Waals surface area contributed by atoms with Gasteiger partial charge in [-0.15, -0.1) is 0 Å². The summed E-state index contributed by atoms with van der Waals surface area (Å²) >= 11 is 0. The van der Waals surface area contributed by atoms with Crippen molar-refractivity contribution in [2.24, 2.45) is 12.8 Å². The fourth-order valence-electron chi connectivity index (χ4n) is 3.09. The highest BCUT2D eigenvalue weighted by Gasteiger charge is 2.17. The SMILES string of the molecule is Cn1c(=O)c2ccc(F)cc2n(CCN2CCC(N)CC2)c1=O. The first-order chi connectivity index (χ1) is 11.0. The molecule has 1 aromatic heterocycles. The summed E-state index contributed by atoms with van der Waals surface area (Å²) in [5.41, 5.74) is 5.43. The van der Waals surface area contributed by atoms with E-state index in [1.54, 1.807) is 0 Å². The molecule has 0 amide bonds. The van der Waals surface area contributed by atoms with E-state index in [4.69, 9.17) is 5.73 Å². The molecule has 124 valence electrons. The number of rotatable bonds is 3. The third-order valence-electron chi connectivity index (χ3n) is 4.58. The number of nitrogens with zero attached hydrogens (tertiary/aromatic N) is 3. The van der Waals surface area contributed by atoms with Gasteiger partial charge in [0.05, 0.1) is 10.9 Å². The summed E-state index contributed by atoms with van der Waals surface area (Å²) in [6.07, 6.45) is 1.88. The molecule has 1 saturated heterocycles. The minimum Gasteiger partial charge on any atom is -0.328 e. The van der Waals surface area contributed by atoms with Crippen LogP contribution in [0.25, 0.3) is 10.9 Å². The Morgan fingerprint density at radius 2 is 1.91 bits per heavy atom. The van der Waals surface area contributed by atoms with E-state index in [1.165, 1.54) is 29.8 Å². The first-order valence-corrected chi connectivity index (χ1v) is 7.84. The summed E-state index contributed by atoms with van der Waals surface area (Å²) in [4.78, 5) is 26.8. The Morgan fingerprint density at radius 3 is 2.61 bits per heavy atom. The molecule has 2 N–H and O–H groups in total. The van der Waals surface area contributed by atoms with Gasteiger partial charge in [0.2, 0.25) is 0 Å². The normalized spacial score (nSPS) is 17.0. The van der Waals surface area contributed by atoms with E-state index in [1.807, 2.05) is 0 Å². The number of nitrogens with two attached hydrogens (primary N) is 1. The second-order valence-electron chi connectivity index (χ2n) is 6.14. The Kier molecular flexibility index (Phi) is 4.32. The molecule has 1 fully saturated rings. The van der Waals surface area contributed by atoms with Crippen molar-refractivity contribution in [3.8, 4) is 0 Å². The van der Waals surface area contributed by atoms with Gasteiger partial charge in [0, 0.05) is 26.2 Å². The Bertz CT molecular complexity index is 834. The number of fused-ring (bicyclic) bond motifs is 1. The highest BCUT2D eigenvalue weighted by Crippen LogP contribution is 2.12. The number of aromatic nitrogens is 2. The number of halogens is 1. The smallest absolute Gasteiger partial charge is 0.328 e. The van der Waals surface area contributed by atoms with E-state index in [-0.39, 0.29) is 6.04 Å². The molecule has 2 aromatic rings. The Labute approximate surface area is 132 Å². The highest BCUT2D eigenvalue weighted by molar-refractivity contribution is 5.77. The molecule has 1 aliphatic rings. The molecule has 0 aliphatic carbocycles. The lowest BCUT2D eigenvalue weighted by Gasteiger charge is -2.30. The van der Waals surface area contributed by atoms with Crippen LogP contribution in [0.4, 0.5) is 4.39 Å². The summed E-state index contributed by atoms with van der Waals surface area (Å²) in [5, 5.41) is 0.356. The maximum Gasteiger partial charge on any atom is 0.331 e. The Hall–Kier alpha value is -1.99. The number of benzene rings is 1. The molecule has 6 nitrogen and oxygen atoms in total. The molecule has 0 saturated carbocycles. The number of hydrogen-bond donors (Lipinski definition) is 1. The van der Waals surface area contributed by atoms with Gasteiger partial charge in [-0.25, -0.2) is 9.18 Å². The van der Waals surface area contributed by atoms with E-state index in [9.17, 15) is 14.0 Å². The average Bonchev–Trinajstić information content (AvgIpc) is 2.54. The van der Waals surface area contributed by atoms with E-state index < -0.39 is 17.1 Å². The molecular formula is C16H21FN4O2. The molecule has 0 unspecified atom stereocenters. The quantitative estimate of drug-likeness (QED) is 0.881. The predicted molar refractivity (Wildman–Crippen MR) is 87.1 cm³/mol. The third kappa shape index (κ3) is 3.07. The van der Waals surface area contributed by atoms with Gasteiger partial charge in [0.1, 0.15) is 5.82 Å². The molecular weight excluding hydrogens is 299 g/mol. The van der Waals surface area contributed by atoms with E-state index in [0.717, 1.165) is 30.5 Å². The minimum absolute atomic E-state index is 0.251. The van der Waals surface area contributed by atoms with Crippen LogP contribution in [0, 0.1) is 5.82 Å². The molecule has 0 atom stereocenters. The van der Waals surface area contributed by atoms with Crippen molar-refractivity contribution in [2.45, 2.75) is 25.4 Å². The van der Waals surface area contributed by atoms with Crippen molar-refractivity contribution in [1.82, 2.24) is 14.0 Å². The first kappa shape index (κ1) is 15.9. The van der Waals surface area contributed by atoms with Gasteiger partial charge >= 0.3 is 5.69 Å². The van der Waals surface area contributed by atoms with Crippen molar-refractivity contribution in [1.29, 1.82) is 0 Å². The topological polar surface area (TPSA) is 73.3 Å². The van der Waals surface area contributed by atoms with Gasteiger partial charge < -0.3 is 10.6 Å². The van der Waals surface area contributed by atoms with Crippen LogP contribution in [0.5, 0.6) is 0 Å². The summed E-state index contributed by atoms with van der Waals surface area (Å²) in [6.45, 7) is 2.89. The summed E-state index contributed by atoms with van der Waals surface area (Å²) in [5.74, 6) is -0.456. The second kappa shape index (κ2) is 6.25. The van der Waals surface area contributed by atoms with Crippen LogP contribution in [0.15, 0.2) is 27.8 Å². The molecule has 23 heavy (non-hydrogen) atoms. The molecule has 1 aliphatic heterocycles. The van der Waals surface area contributed by atoms with E-state index in [2.05, 4.69) is 4.90 Å². The van der Waals surface area contributed by atoms with Gasteiger partial charge in [-0.1, -0.05) is 0 Å². The maximum absolute atomic E-state index is 13.6. The molecule has 7 heteroatoms. The minimum atomic E-state index is -0.456. The average molecular weight is 320 g/mol. The van der Waals surface area contributed by atoms with Crippen molar-refractivity contribution >= 4 is 10.9 Å². The lowest BCUT2D eigenvalue weighted by Crippen LogP contribution is -2.43. The number of likely N-dealkylation sites (tertiary alicyclic amines) is 1. The van der Waals surface area contributed by atoms with Crippen LogP contribution in [-0.4, -0.2) is 39.7 Å². The lowest BCUT2D eigenvalue weighted by molar-refractivity contribution is 0.206. The fourth-order valence-corrected chi connectivity index (χ4v) is 3.09. The van der Waals surface area contributed by atoms with Crippen molar-refractivity contribution in [3.05, 3.63) is 44.9 Å². The van der Waals surface area contributed by atoms with Crippen LogP contribution >= 0.6 is 0 Å². The molecule has 1 aromatic carbocycles. The van der Waals surface area contributed by atoms with E-state index in [0.29, 0.717) is 24.0 Å². The fraction of sp³-hybridized carbons (Fsp3) is 0.500. The highest BCUT2D eigenvalue weighted by atomic mass is 19.1. The van der Waals surface area contributed by atoms with Crippen LogP contribution in [-0.2, 0) is 13.6 Å². The van der Waals surface area contributed by atoms with Gasteiger partial charge in [-0.3, -0.25) is 13.9 Å².